The molecule has 0 aromatic rings. The zero-order chi connectivity index (χ0) is 54.1. The molecular weight excluding hydrogens is 923 g/mol. The number of unbranched alkanes of at least 4 members (excludes halogenated alkanes) is 38. The number of carboxylic acids is 1. The van der Waals surface area contributed by atoms with Gasteiger partial charge >= 0.3 is 17.9 Å². The first-order valence-electron chi connectivity index (χ1n) is 31.7. The van der Waals surface area contributed by atoms with E-state index in [-0.39, 0.29) is 32.2 Å². The molecule has 0 fully saturated rings. The van der Waals surface area contributed by atoms with Crippen LogP contribution < -0.4 is 0 Å². The molecule has 1 N–H and O–H groups in total. The van der Waals surface area contributed by atoms with Crippen LogP contribution in [0.2, 0.25) is 0 Å². The van der Waals surface area contributed by atoms with E-state index >= 15 is 0 Å². The lowest BCUT2D eigenvalue weighted by Crippen LogP contribution is -2.40. The maximum atomic E-state index is 12.8. The van der Waals surface area contributed by atoms with Gasteiger partial charge in [0.2, 0.25) is 0 Å². The van der Waals surface area contributed by atoms with E-state index in [9.17, 15) is 19.5 Å². The number of quaternary nitrogens is 1. The van der Waals surface area contributed by atoms with Gasteiger partial charge in [-0.05, 0) is 44.9 Å². The second-order valence-electron chi connectivity index (χ2n) is 22.7. The van der Waals surface area contributed by atoms with E-state index in [1.807, 2.05) is 21.1 Å². The molecule has 74 heavy (non-hydrogen) atoms. The van der Waals surface area contributed by atoms with Crippen LogP contribution in [0.5, 0.6) is 0 Å². The molecule has 0 spiro atoms. The minimum atomic E-state index is -1.51. The van der Waals surface area contributed by atoms with E-state index in [0.717, 1.165) is 70.6 Å². The summed E-state index contributed by atoms with van der Waals surface area (Å²) >= 11 is 0. The first-order valence-corrected chi connectivity index (χ1v) is 31.7. The number of carboxylic acid groups (broad SMARTS) is 1. The van der Waals surface area contributed by atoms with Gasteiger partial charge in [-0.2, -0.15) is 0 Å². The number of nitrogens with zero attached hydrogens (tertiary/aromatic N) is 1. The Labute approximate surface area is 458 Å². The predicted octanol–water partition coefficient (Wildman–Crippen LogP) is 18.9. The molecule has 9 heteroatoms. The minimum absolute atomic E-state index is 0.185. The molecule has 0 radical (unpaired) electrons. The van der Waals surface area contributed by atoms with Crippen LogP contribution in [-0.4, -0.2) is 87.4 Å². The molecule has 0 aliphatic rings. The van der Waals surface area contributed by atoms with Crippen LogP contribution in [0.25, 0.3) is 0 Å². The number of aliphatic carboxylic acids is 1. The second-order valence-corrected chi connectivity index (χ2v) is 22.7. The zero-order valence-electron chi connectivity index (χ0n) is 49.5. The summed E-state index contributed by atoms with van der Waals surface area (Å²) < 4.78 is 22.9. The van der Waals surface area contributed by atoms with Crippen molar-refractivity contribution < 1.29 is 42.9 Å². The Morgan fingerprint density at radius 3 is 1.15 bits per heavy atom. The first-order chi connectivity index (χ1) is 36.1. The van der Waals surface area contributed by atoms with Crippen LogP contribution in [-0.2, 0) is 33.3 Å². The Balaban J connectivity index is 3.99. The van der Waals surface area contributed by atoms with Gasteiger partial charge in [0.25, 0.3) is 6.29 Å². The summed E-state index contributed by atoms with van der Waals surface area (Å²) in [4.78, 5) is 37.4. The monoisotopic (exact) mass is 1040 g/mol. The van der Waals surface area contributed by atoms with Gasteiger partial charge in [-0.3, -0.25) is 9.59 Å². The van der Waals surface area contributed by atoms with Crippen molar-refractivity contribution in [2.75, 3.05) is 47.5 Å². The quantitative estimate of drug-likeness (QED) is 0.0211. The number of hydrogen-bond acceptors (Lipinski definition) is 7. The lowest BCUT2D eigenvalue weighted by molar-refractivity contribution is -0.870. The van der Waals surface area contributed by atoms with Gasteiger partial charge in [0.1, 0.15) is 13.2 Å². The van der Waals surface area contributed by atoms with Crippen LogP contribution in [0.1, 0.15) is 303 Å². The lowest BCUT2D eigenvalue weighted by Gasteiger charge is -2.25. The van der Waals surface area contributed by atoms with Crippen molar-refractivity contribution in [2.24, 2.45) is 0 Å². The summed E-state index contributed by atoms with van der Waals surface area (Å²) in [6, 6.07) is 0. The number of carbonyl (C=O) groups is 3. The van der Waals surface area contributed by atoms with E-state index in [1.54, 1.807) is 0 Å². The fraction of sp³-hybridized carbons (Fsp3) is 0.862. The second kappa shape index (κ2) is 56.7. The Hall–Kier alpha value is -2.49. The average Bonchev–Trinajstić information content (AvgIpc) is 3.37. The highest BCUT2D eigenvalue weighted by atomic mass is 16.7. The van der Waals surface area contributed by atoms with Gasteiger partial charge in [-0.15, -0.1) is 0 Å². The van der Waals surface area contributed by atoms with Gasteiger partial charge in [-0.25, -0.2) is 4.79 Å². The van der Waals surface area contributed by atoms with Gasteiger partial charge in [-0.1, -0.05) is 281 Å². The molecule has 0 aromatic carbocycles. The summed E-state index contributed by atoms with van der Waals surface area (Å²) in [5.41, 5.74) is 0. The van der Waals surface area contributed by atoms with Gasteiger partial charge in [0.05, 0.1) is 34.4 Å². The lowest BCUT2D eigenvalue weighted by atomic mass is 10.0. The average molecular weight is 1050 g/mol. The predicted molar refractivity (Wildman–Crippen MR) is 314 cm³/mol. The van der Waals surface area contributed by atoms with Crippen LogP contribution >= 0.6 is 0 Å². The molecule has 2 unspecified atom stereocenters. The molecule has 0 aromatic heterocycles. The molecule has 0 aliphatic carbocycles. The molecule has 434 valence electrons. The van der Waals surface area contributed by atoms with Crippen molar-refractivity contribution in [3.8, 4) is 0 Å². The fourth-order valence-corrected chi connectivity index (χ4v) is 9.33. The topological polar surface area (TPSA) is 108 Å². The van der Waals surface area contributed by atoms with Gasteiger partial charge in [0, 0.05) is 12.8 Å². The minimum Gasteiger partial charge on any atom is -0.477 e. The van der Waals surface area contributed by atoms with Crippen LogP contribution in [0.3, 0.4) is 0 Å². The van der Waals surface area contributed by atoms with Crippen molar-refractivity contribution in [1.29, 1.82) is 0 Å². The van der Waals surface area contributed by atoms with E-state index in [2.05, 4.69) is 50.3 Å². The Bertz CT molecular complexity index is 1310. The maximum Gasteiger partial charge on any atom is 0.361 e. The highest BCUT2D eigenvalue weighted by Gasteiger charge is 2.25. The fourth-order valence-electron chi connectivity index (χ4n) is 9.33. The number of ether oxygens (including phenoxy) is 4. The smallest absolute Gasteiger partial charge is 0.361 e. The molecule has 0 aliphatic heterocycles. The highest BCUT2D eigenvalue weighted by molar-refractivity contribution is 5.71. The molecule has 0 rings (SSSR count). The molecule has 0 heterocycles. The molecule has 0 saturated heterocycles. The van der Waals surface area contributed by atoms with Crippen LogP contribution in [0.4, 0.5) is 0 Å². The highest BCUT2D eigenvalue weighted by Crippen LogP contribution is 2.18. The van der Waals surface area contributed by atoms with E-state index < -0.39 is 24.3 Å². The SMILES string of the molecule is CC/C=C\C/C=C\C/C=C\CCCCCCCC(=O)OC(COC(=O)CCCCCCCCCCCCCCCCCCCCCCCCCCCCCCCCCCCC)COC(OCC[N+](C)(C)C)C(=O)O. The van der Waals surface area contributed by atoms with Crippen molar-refractivity contribution in [2.45, 2.75) is 315 Å². The normalized spacial score (nSPS) is 12.9. The van der Waals surface area contributed by atoms with Gasteiger partial charge in [0.15, 0.2) is 6.10 Å². The Morgan fingerprint density at radius 1 is 0.419 bits per heavy atom. The summed E-state index contributed by atoms with van der Waals surface area (Å²) in [5, 5.41) is 9.70. The summed E-state index contributed by atoms with van der Waals surface area (Å²) in [6.07, 6.45) is 67.0. The number of carbonyl (C=O) groups excluding carboxylic acids is 2. The van der Waals surface area contributed by atoms with Crippen LogP contribution in [0, 0.1) is 0 Å². The largest absolute Gasteiger partial charge is 0.477 e. The summed E-state index contributed by atoms with van der Waals surface area (Å²) in [6.45, 7) is 4.78. The third kappa shape index (κ3) is 57.2. The number of likely N-dealkylation sites (N-methyl/N-ethyl adjacent to an activating group) is 1. The molecule has 2 atom stereocenters. The Morgan fingerprint density at radius 2 is 0.770 bits per heavy atom. The molecular formula is C65H122NO8+. The van der Waals surface area contributed by atoms with E-state index in [0.29, 0.717) is 23.9 Å². The maximum absolute atomic E-state index is 12.8. The molecule has 9 nitrogen and oxygen atoms in total. The molecule has 0 amide bonds. The number of rotatable bonds is 59. The van der Waals surface area contributed by atoms with Crippen molar-refractivity contribution in [3.05, 3.63) is 36.5 Å². The van der Waals surface area contributed by atoms with E-state index in [1.165, 1.54) is 199 Å². The first kappa shape index (κ1) is 71.5. The molecule has 0 bridgehead atoms. The van der Waals surface area contributed by atoms with Crippen LogP contribution in [0.15, 0.2) is 36.5 Å². The number of hydrogen-bond donors (Lipinski definition) is 1. The number of esters is 2. The van der Waals surface area contributed by atoms with Crippen molar-refractivity contribution >= 4 is 17.9 Å². The third-order valence-electron chi connectivity index (χ3n) is 14.2. The summed E-state index contributed by atoms with van der Waals surface area (Å²) in [5.74, 6) is -2.01. The van der Waals surface area contributed by atoms with Crippen molar-refractivity contribution in [3.63, 3.8) is 0 Å². The van der Waals surface area contributed by atoms with Gasteiger partial charge < -0.3 is 28.5 Å². The van der Waals surface area contributed by atoms with Crippen molar-refractivity contribution in [1.82, 2.24) is 0 Å². The third-order valence-corrected chi connectivity index (χ3v) is 14.2. The van der Waals surface area contributed by atoms with E-state index in [4.69, 9.17) is 18.9 Å². The number of allylic oxidation sites excluding steroid dienone is 6. The zero-order valence-corrected chi connectivity index (χ0v) is 49.5. The molecule has 0 saturated carbocycles. The standard InChI is InChI=1S/C65H121NO8/c1-6-8-10-12-14-16-18-20-22-23-24-25-26-27-28-29-30-31-32-33-34-35-36-37-38-39-40-42-43-45-47-49-51-53-55-62(67)72-59-61(60-73-65(64(69)70)71-58-57-66(3,4)5)74-63(68)56-54-52-50-48-46-44-41-21-19-17-15-13-11-9-7-2/h9,11,15,17,21,41,61,65H,6-8,10,12-14,16,18-20,22-40,42-60H2,1-5H3/p+1/b11-9-,17-15-,41-21-. The summed E-state index contributed by atoms with van der Waals surface area (Å²) in [7, 11) is 5.97. The Kier molecular flexibility index (Phi) is 54.8.